The zero-order valence-electron chi connectivity index (χ0n) is 13.4. The van der Waals surface area contributed by atoms with Gasteiger partial charge in [-0.1, -0.05) is 38.5 Å². The van der Waals surface area contributed by atoms with Gasteiger partial charge in [0.2, 0.25) is 0 Å². The van der Waals surface area contributed by atoms with E-state index in [0.29, 0.717) is 6.42 Å². The van der Waals surface area contributed by atoms with Crippen molar-refractivity contribution in [3.8, 4) is 0 Å². The first-order chi connectivity index (χ1) is 10.4. The van der Waals surface area contributed by atoms with Gasteiger partial charge in [0.05, 0.1) is 12.2 Å². The molecule has 0 aromatic heterocycles. The molecule has 6 heteroatoms. The van der Waals surface area contributed by atoms with Gasteiger partial charge in [-0.25, -0.2) is 0 Å². The van der Waals surface area contributed by atoms with Crippen LogP contribution in [0.25, 0.3) is 0 Å². The molecular weight excluding hydrogens is 288 g/mol. The summed E-state index contributed by atoms with van der Waals surface area (Å²) in [5.74, 6) is -0.729. The molecule has 1 aliphatic rings. The van der Waals surface area contributed by atoms with Crippen LogP contribution in [0.3, 0.4) is 0 Å². The molecule has 1 rings (SSSR count). The lowest BCUT2D eigenvalue weighted by Gasteiger charge is -2.39. The fourth-order valence-corrected chi connectivity index (χ4v) is 2.88. The van der Waals surface area contributed by atoms with E-state index in [0.717, 1.165) is 44.9 Å². The Bertz CT molecular complexity index is 322. The normalized spacial score (nSPS) is 32.1. The van der Waals surface area contributed by atoms with Crippen LogP contribution in [-0.2, 0) is 9.53 Å². The van der Waals surface area contributed by atoms with Crippen molar-refractivity contribution in [3.63, 3.8) is 0 Å². The summed E-state index contributed by atoms with van der Waals surface area (Å²) in [4.78, 5) is 10.4. The molecule has 0 spiro atoms. The minimum absolute atomic E-state index is 0.253. The smallest absolute Gasteiger partial charge is 0.303 e. The highest BCUT2D eigenvalue weighted by molar-refractivity contribution is 5.66. The van der Waals surface area contributed by atoms with Gasteiger partial charge in [-0.3, -0.25) is 4.79 Å². The fourth-order valence-electron chi connectivity index (χ4n) is 2.88. The monoisotopic (exact) mass is 318 g/mol. The number of unbranched alkanes of at least 4 members (excludes halogenated alkanes) is 6. The Morgan fingerprint density at radius 1 is 0.864 bits per heavy atom. The van der Waals surface area contributed by atoms with Gasteiger partial charge in [-0.2, -0.15) is 0 Å². The third kappa shape index (κ3) is 6.60. The number of carboxylic acid groups (broad SMARTS) is 1. The average Bonchev–Trinajstić information content (AvgIpc) is 2.48. The van der Waals surface area contributed by atoms with E-state index in [9.17, 15) is 20.1 Å². The van der Waals surface area contributed by atoms with Crippen molar-refractivity contribution in [3.05, 3.63) is 0 Å². The summed E-state index contributed by atoms with van der Waals surface area (Å²) >= 11 is 0. The van der Waals surface area contributed by atoms with Crippen molar-refractivity contribution in [2.24, 2.45) is 0 Å². The second-order valence-corrected chi connectivity index (χ2v) is 6.26. The van der Waals surface area contributed by atoms with E-state index in [2.05, 4.69) is 0 Å². The molecule has 1 aliphatic heterocycles. The molecule has 4 N–H and O–H groups in total. The van der Waals surface area contributed by atoms with Gasteiger partial charge in [0, 0.05) is 6.42 Å². The van der Waals surface area contributed by atoms with Gasteiger partial charge >= 0.3 is 5.97 Å². The molecule has 1 saturated heterocycles. The summed E-state index contributed by atoms with van der Waals surface area (Å²) in [6, 6.07) is 0. The summed E-state index contributed by atoms with van der Waals surface area (Å²) in [6.45, 7) is 1.70. The zero-order chi connectivity index (χ0) is 16.5. The van der Waals surface area contributed by atoms with E-state index >= 15 is 0 Å². The molecule has 1 unspecified atom stereocenters. The molecule has 1 heterocycles. The van der Waals surface area contributed by atoms with Crippen LogP contribution in [0.4, 0.5) is 0 Å². The second-order valence-electron chi connectivity index (χ2n) is 6.26. The number of carbonyl (C=O) groups is 1. The van der Waals surface area contributed by atoms with Crippen LogP contribution in [0.1, 0.15) is 64.7 Å². The number of hydrogen-bond acceptors (Lipinski definition) is 5. The summed E-state index contributed by atoms with van der Waals surface area (Å²) < 4.78 is 5.55. The summed E-state index contributed by atoms with van der Waals surface area (Å²) in [6.07, 6.45) is 3.72. The molecule has 0 bridgehead atoms. The van der Waals surface area contributed by atoms with E-state index in [1.54, 1.807) is 6.92 Å². The maximum Gasteiger partial charge on any atom is 0.303 e. The Morgan fingerprint density at radius 3 is 2.00 bits per heavy atom. The standard InChI is InChI=1S/C16H30O6/c1-11-14(19)16(21)15(20)12(22-11)9-7-5-3-2-4-6-8-10-13(17)18/h11-12,14-16,19-21H,2-10H2,1H3,(H,17,18)/t11-,12?,14-,15-,16+/m1/s1. The minimum atomic E-state index is -1.14. The van der Waals surface area contributed by atoms with E-state index in [1.807, 2.05) is 0 Å². The van der Waals surface area contributed by atoms with Crippen LogP contribution in [0.5, 0.6) is 0 Å². The molecule has 0 saturated carbocycles. The van der Waals surface area contributed by atoms with Crippen LogP contribution in [0.15, 0.2) is 0 Å². The number of aliphatic hydroxyl groups is 3. The Kier molecular flexibility index (Phi) is 8.93. The number of ether oxygens (including phenoxy) is 1. The van der Waals surface area contributed by atoms with Gasteiger partial charge in [-0.15, -0.1) is 0 Å². The summed E-state index contributed by atoms with van der Waals surface area (Å²) in [5.41, 5.74) is 0. The van der Waals surface area contributed by atoms with Crippen molar-refractivity contribution in [1.82, 2.24) is 0 Å². The summed E-state index contributed by atoms with van der Waals surface area (Å²) in [7, 11) is 0. The highest BCUT2D eigenvalue weighted by Gasteiger charge is 2.41. The van der Waals surface area contributed by atoms with E-state index in [1.165, 1.54) is 0 Å². The van der Waals surface area contributed by atoms with Gasteiger partial charge in [0.15, 0.2) is 0 Å². The molecule has 130 valence electrons. The van der Waals surface area contributed by atoms with Gasteiger partial charge in [-0.05, 0) is 19.8 Å². The van der Waals surface area contributed by atoms with Crippen molar-refractivity contribution in [2.75, 3.05) is 0 Å². The van der Waals surface area contributed by atoms with Crippen molar-refractivity contribution in [1.29, 1.82) is 0 Å². The minimum Gasteiger partial charge on any atom is -0.481 e. The van der Waals surface area contributed by atoms with Crippen LogP contribution in [-0.4, -0.2) is 56.9 Å². The Balaban J connectivity index is 2.03. The molecule has 22 heavy (non-hydrogen) atoms. The Hall–Kier alpha value is -0.690. The van der Waals surface area contributed by atoms with Gasteiger partial charge < -0.3 is 25.2 Å². The SMILES string of the molecule is C[C@H]1OC(CCCCCCCCCC(=O)O)[C@@H](O)[C@@H](O)[C@@H]1O. The van der Waals surface area contributed by atoms with Crippen LogP contribution in [0, 0.1) is 0 Å². The van der Waals surface area contributed by atoms with E-state index < -0.39 is 36.5 Å². The quantitative estimate of drug-likeness (QED) is 0.454. The predicted octanol–water partition coefficient (Wildman–Crippen LogP) is 1.45. The maximum absolute atomic E-state index is 10.4. The van der Waals surface area contributed by atoms with Gasteiger partial charge in [0.1, 0.15) is 18.3 Å². The topological polar surface area (TPSA) is 107 Å². The van der Waals surface area contributed by atoms with Crippen LogP contribution < -0.4 is 0 Å². The largest absolute Gasteiger partial charge is 0.481 e. The summed E-state index contributed by atoms with van der Waals surface area (Å²) in [5, 5.41) is 37.7. The fraction of sp³-hybridized carbons (Fsp3) is 0.938. The maximum atomic E-state index is 10.4. The number of rotatable bonds is 10. The van der Waals surface area contributed by atoms with Gasteiger partial charge in [0.25, 0.3) is 0 Å². The molecule has 5 atom stereocenters. The number of aliphatic carboxylic acids is 1. The Labute approximate surface area is 132 Å². The average molecular weight is 318 g/mol. The first-order valence-electron chi connectivity index (χ1n) is 8.35. The molecule has 6 nitrogen and oxygen atoms in total. The third-order valence-electron chi connectivity index (χ3n) is 4.33. The molecule has 0 aromatic rings. The first-order valence-corrected chi connectivity index (χ1v) is 8.35. The molecule has 0 radical (unpaired) electrons. The van der Waals surface area contributed by atoms with Crippen LogP contribution in [0.2, 0.25) is 0 Å². The first kappa shape index (κ1) is 19.4. The van der Waals surface area contributed by atoms with Crippen molar-refractivity contribution < 1.29 is 30.0 Å². The number of aliphatic hydroxyl groups excluding tert-OH is 3. The van der Waals surface area contributed by atoms with E-state index in [4.69, 9.17) is 9.84 Å². The molecule has 0 amide bonds. The third-order valence-corrected chi connectivity index (χ3v) is 4.33. The number of carboxylic acids is 1. The molecular formula is C16H30O6. The lowest BCUT2D eigenvalue weighted by Crippen LogP contribution is -2.56. The Morgan fingerprint density at radius 2 is 1.41 bits per heavy atom. The number of hydrogen-bond donors (Lipinski definition) is 4. The molecule has 0 aliphatic carbocycles. The molecule has 1 fully saturated rings. The lowest BCUT2D eigenvalue weighted by atomic mass is 9.92. The highest BCUT2D eigenvalue weighted by Crippen LogP contribution is 2.24. The lowest BCUT2D eigenvalue weighted by molar-refractivity contribution is -0.218. The predicted molar refractivity (Wildman–Crippen MR) is 81.5 cm³/mol. The van der Waals surface area contributed by atoms with Crippen molar-refractivity contribution in [2.45, 2.75) is 95.2 Å². The zero-order valence-corrected chi connectivity index (χ0v) is 13.4. The van der Waals surface area contributed by atoms with E-state index in [-0.39, 0.29) is 6.42 Å². The van der Waals surface area contributed by atoms with Crippen LogP contribution >= 0.6 is 0 Å². The molecule has 0 aromatic carbocycles. The second kappa shape index (κ2) is 10.2. The van der Waals surface area contributed by atoms with Crippen molar-refractivity contribution >= 4 is 5.97 Å². The highest BCUT2D eigenvalue weighted by atomic mass is 16.5.